The van der Waals surface area contributed by atoms with Crippen molar-refractivity contribution < 1.29 is 4.42 Å². The van der Waals surface area contributed by atoms with E-state index in [-0.39, 0.29) is 0 Å². The number of furan rings is 1. The lowest BCUT2D eigenvalue weighted by atomic mass is 9.99. The lowest BCUT2D eigenvalue weighted by molar-refractivity contribution is 0.669. The molecule has 0 atom stereocenters. The molecule has 0 fully saturated rings. The van der Waals surface area contributed by atoms with Crippen LogP contribution in [0.25, 0.3) is 103 Å². The molecule has 0 radical (unpaired) electrons. The Morgan fingerprint density at radius 3 is 1.80 bits per heavy atom. The Hall–Kier alpha value is -8.18. The molecule has 10 aromatic carbocycles. The maximum absolute atomic E-state index is 6.17. The first-order chi connectivity index (χ1) is 31.7. The second-order valence-corrected chi connectivity index (χ2v) is 17.5. The summed E-state index contributed by atoms with van der Waals surface area (Å²) in [5, 5.41) is 7.35. The standard InChI is InChI=1S/C60H38N2OS/c1-2-15-44(16-3-1)62-55-24-7-4-19-49(55)53-37-42(29-33-56(53)62)40-13-10-17-46(35-40)61(45-31-27-39(28-32-45)41-30-34-58-54(38-41)50-20-5-8-25-57(50)63-58)47-18-11-14-43(36-47)48-22-12-23-52-51-21-6-9-26-59(51)64-60(48)52/h1-38H. The molecule has 0 aliphatic carbocycles. The molecule has 0 saturated heterocycles. The molecule has 0 N–H and O–H groups in total. The maximum Gasteiger partial charge on any atom is 0.135 e. The van der Waals surface area contributed by atoms with Gasteiger partial charge in [-0.15, -0.1) is 11.3 Å². The molecule has 13 rings (SSSR count). The summed E-state index contributed by atoms with van der Waals surface area (Å²) >= 11 is 1.87. The fourth-order valence-corrected chi connectivity index (χ4v) is 11.0. The largest absolute Gasteiger partial charge is 0.456 e. The third-order valence-corrected chi connectivity index (χ3v) is 14.0. The summed E-state index contributed by atoms with van der Waals surface area (Å²) in [6, 6.07) is 83.5. The van der Waals surface area contributed by atoms with E-state index in [1.54, 1.807) is 0 Å². The van der Waals surface area contributed by atoms with E-state index in [0.717, 1.165) is 61.4 Å². The lowest BCUT2D eigenvalue weighted by Crippen LogP contribution is -2.10. The first-order valence-corrected chi connectivity index (χ1v) is 22.6. The van der Waals surface area contributed by atoms with Crippen LogP contribution in [0.4, 0.5) is 17.1 Å². The number of aromatic nitrogens is 1. The number of anilines is 3. The van der Waals surface area contributed by atoms with Crippen LogP contribution in [0.5, 0.6) is 0 Å². The van der Waals surface area contributed by atoms with Gasteiger partial charge in [0.25, 0.3) is 0 Å². The van der Waals surface area contributed by atoms with Crippen molar-refractivity contribution in [1.29, 1.82) is 0 Å². The fraction of sp³-hybridized carbons (Fsp3) is 0. The molecule has 0 bridgehead atoms. The summed E-state index contributed by atoms with van der Waals surface area (Å²) in [6.07, 6.45) is 0. The van der Waals surface area contributed by atoms with Gasteiger partial charge in [-0.05, 0) is 124 Å². The Morgan fingerprint density at radius 2 is 0.938 bits per heavy atom. The number of benzene rings is 10. The van der Waals surface area contributed by atoms with Crippen molar-refractivity contribution in [1.82, 2.24) is 4.57 Å². The van der Waals surface area contributed by atoms with Gasteiger partial charge >= 0.3 is 0 Å². The molecule has 0 aliphatic heterocycles. The molecule has 0 spiro atoms. The SMILES string of the molecule is c1ccc(-n2c3ccccc3c3cc(-c4cccc(N(c5ccc(-c6ccc7oc8ccccc8c7c6)cc5)c5cccc(-c6cccc7c6sc6ccccc67)c5)c4)ccc32)cc1. The molecule has 13 aromatic rings. The minimum Gasteiger partial charge on any atom is -0.456 e. The van der Waals surface area contributed by atoms with Crippen molar-refractivity contribution in [2.45, 2.75) is 0 Å². The van der Waals surface area contributed by atoms with Crippen molar-refractivity contribution in [2.75, 3.05) is 4.90 Å². The van der Waals surface area contributed by atoms with E-state index < -0.39 is 0 Å². The number of nitrogens with zero attached hydrogens (tertiary/aromatic N) is 2. The van der Waals surface area contributed by atoms with E-state index in [1.165, 1.54) is 58.7 Å². The minimum atomic E-state index is 0.903. The van der Waals surface area contributed by atoms with Gasteiger partial charge in [-0.25, -0.2) is 0 Å². The lowest BCUT2D eigenvalue weighted by Gasteiger charge is -2.27. The summed E-state index contributed by atoms with van der Waals surface area (Å²) in [4.78, 5) is 2.40. The second kappa shape index (κ2) is 14.7. The molecular weight excluding hydrogens is 797 g/mol. The third-order valence-electron chi connectivity index (χ3n) is 12.8. The number of fused-ring (bicyclic) bond motifs is 9. The van der Waals surface area contributed by atoms with Crippen LogP contribution in [-0.2, 0) is 0 Å². The van der Waals surface area contributed by atoms with E-state index in [0.29, 0.717) is 0 Å². The number of rotatable bonds is 7. The highest BCUT2D eigenvalue weighted by atomic mass is 32.1. The summed E-state index contributed by atoms with van der Waals surface area (Å²) in [7, 11) is 0. The third kappa shape index (κ3) is 5.95. The van der Waals surface area contributed by atoms with E-state index >= 15 is 0 Å². The Labute approximate surface area is 373 Å². The van der Waals surface area contributed by atoms with Gasteiger partial charge in [0.15, 0.2) is 0 Å². The minimum absolute atomic E-state index is 0.903. The van der Waals surface area contributed by atoms with E-state index in [1.807, 2.05) is 23.5 Å². The van der Waals surface area contributed by atoms with Crippen LogP contribution >= 0.6 is 11.3 Å². The molecule has 0 saturated carbocycles. The Balaban J connectivity index is 0.946. The van der Waals surface area contributed by atoms with Crippen molar-refractivity contribution in [3.8, 4) is 39.1 Å². The highest BCUT2D eigenvalue weighted by Gasteiger charge is 2.18. The quantitative estimate of drug-likeness (QED) is 0.159. The number of hydrogen-bond acceptors (Lipinski definition) is 3. The van der Waals surface area contributed by atoms with Crippen LogP contribution in [0.2, 0.25) is 0 Å². The van der Waals surface area contributed by atoms with Gasteiger partial charge < -0.3 is 13.9 Å². The van der Waals surface area contributed by atoms with Gasteiger partial charge in [-0.3, -0.25) is 0 Å². The number of hydrogen-bond donors (Lipinski definition) is 0. The van der Waals surface area contributed by atoms with E-state index in [9.17, 15) is 0 Å². The van der Waals surface area contributed by atoms with Crippen LogP contribution in [0.1, 0.15) is 0 Å². The molecule has 3 nitrogen and oxygen atoms in total. The van der Waals surface area contributed by atoms with Crippen LogP contribution in [0.3, 0.4) is 0 Å². The topological polar surface area (TPSA) is 21.3 Å². The summed E-state index contributed by atoms with van der Waals surface area (Å²) in [6.45, 7) is 0. The van der Waals surface area contributed by atoms with Gasteiger partial charge in [0.2, 0.25) is 0 Å². The van der Waals surface area contributed by atoms with Crippen molar-refractivity contribution in [2.24, 2.45) is 0 Å². The average Bonchev–Trinajstić information content (AvgIpc) is 4.04. The summed E-state index contributed by atoms with van der Waals surface area (Å²) < 4.78 is 11.2. The summed E-state index contributed by atoms with van der Waals surface area (Å²) in [5.41, 5.74) is 15.7. The smallest absolute Gasteiger partial charge is 0.135 e. The van der Waals surface area contributed by atoms with E-state index in [4.69, 9.17) is 4.42 Å². The van der Waals surface area contributed by atoms with Crippen LogP contribution in [-0.4, -0.2) is 4.57 Å². The van der Waals surface area contributed by atoms with Crippen molar-refractivity contribution in [3.63, 3.8) is 0 Å². The Morgan fingerprint density at radius 1 is 0.344 bits per heavy atom. The Kier molecular flexibility index (Phi) is 8.40. The zero-order valence-corrected chi connectivity index (χ0v) is 35.5. The number of thiophene rings is 1. The van der Waals surface area contributed by atoms with Gasteiger partial charge in [-0.2, -0.15) is 0 Å². The number of para-hydroxylation sites is 3. The average molecular weight is 835 g/mol. The predicted molar refractivity (Wildman–Crippen MR) is 272 cm³/mol. The molecule has 0 aliphatic rings. The maximum atomic E-state index is 6.17. The van der Waals surface area contributed by atoms with Crippen molar-refractivity contribution >= 4 is 92.3 Å². The normalized spacial score (nSPS) is 11.8. The first-order valence-electron chi connectivity index (χ1n) is 21.7. The molecular formula is C60H38N2OS. The highest BCUT2D eigenvalue weighted by Crippen LogP contribution is 2.44. The molecule has 3 aromatic heterocycles. The molecule has 64 heavy (non-hydrogen) atoms. The van der Waals surface area contributed by atoms with Gasteiger partial charge in [0.05, 0.1) is 11.0 Å². The predicted octanol–water partition coefficient (Wildman–Crippen LogP) is 17.5. The zero-order chi connectivity index (χ0) is 42.1. The van der Waals surface area contributed by atoms with Crippen LogP contribution < -0.4 is 4.90 Å². The van der Waals surface area contributed by atoms with Gasteiger partial charge in [0, 0.05) is 64.5 Å². The van der Waals surface area contributed by atoms with Crippen LogP contribution in [0, 0.1) is 0 Å². The molecule has 0 unspecified atom stereocenters. The van der Waals surface area contributed by atoms with Gasteiger partial charge in [0.1, 0.15) is 11.2 Å². The Bertz CT molecular complexity index is 3910. The highest BCUT2D eigenvalue weighted by molar-refractivity contribution is 7.26. The molecule has 3 heterocycles. The first kappa shape index (κ1) is 36.5. The zero-order valence-electron chi connectivity index (χ0n) is 34.7. The molecule has 0 amide bonds. The fourth-order valence-electron chi connectivity index (χ4n) is 9.78. The molecule has 4 heteroatoms. The molecule has 300 valence electrons. The summed E-state index contributed by atoms with van der Waals surface area (Å²) in [5.74, 6) is 0. The van der Waals surface area contributed by atoms with Crippen LogP contribution in [0.15, 0.2) is 235 Å². The second-order valence-electron chi connectivity index (χ2n) is 16.5. The van der Waals surface area contributed by atoms with Gasteiger partial charge in [-0.1, -0.05) is 140 Å². The van der Waals surface area contributed by atoms with Crippen molar-refractivity contribution in [3.05, 3.63) is 231 Å². The van der Waals surface area contributed by atoms with E-state index in [2.05, 4.69) is 228 Å². The monoisotopic (exact) mass is 834 g/mol.